The molecule has 146 valence electrons. The van der Waals surface area contributed by atoms with E-state index in [0.717, 1.165) is 35.7 Å². The van der Waals surface area contributed by atoms with Gasteiger partial charge in [-0.25, -0.2) is 0 Å². The molecule has 0 saturated carbocycles. The third kappa shape index (κ3) is 6.16. The van der Waals surface area contributed by atoms with Crippen LogP contribution < -0.4 is 9.80 Å². The third-order valence-electron chi connectivity index (χ3n) is 4.31. The summed E-state index contributed by atoms with van der Waals surface area (Å²) in [4.78, 5) is 22.2. The van der Waals surface area contributed by atoms with Gasteiger partial charge in [-0.3, -0.25) is 0 Å². The number of halogens is 1. The van der Waals surface area contributed by atoms with Gasteiger partial charge in [0.15, 0.2) is 0 Å². The van der Waals surface area contributed by atoms with E-state index in [4.69, 9.17) is 11.6 Å². The third-order valence-corrected chi connectivity index (χ3v) is 9.66. The standard InChI is InChI=1S/C18H25AsClN5O2/c1-4-19(11-12-24(5-2)6-3)17-16(25(26)27)13-21-18(23-17)22-15-9-7-14(20)8-10-15/h7-10,13H,4-6,11-12H2,1-3H3,(H,21,22,23). The van der Waals surface area contributed by atoms with Gasteiger partial charge >= 0.3 is 170 Å². The predicted molar refractivity (Wildman–Crippen MR) is 112 cm³/mol. The molecule has 0 amide bonds. The van der Waals surface area contributed by atoms with E-state index in [1.165, 1.54) is 6.20 Å². The Balaban J connectivity index is 2.27. The van der Waals surface area contributed by atoms with E-state index in [0.29, 0.717) is 15.5 Å². The molecule has 0 aliphatic carbocycles. The Bertz CT molecular complexity index is 756. The first-order chi connectivity index (χ1) is 13.0. The molecule has 0 spiro atoms. The summed E-state index contributed by atoms with van der Waals surface area (Å²) in [5, 5.41) is 17.1. The summed E-state index contributed by atoms with van der Waals surface area (Å²) in [6, 6.07) is 7.18. The van der Waals surface area contributed by atoms with Gasteiger partial charge in [0.25, 0.3) is 0 Å². The van der Waals surface area contributed by atoms with Crippen molar-refractivity contribution < 1.29 is 4.92 Å². The van der Waals surface area contributed by atoms with Crippen LogP contribution in [-0.4, -0.2) is 54.1 Å². The zero-order chi connectivity index (χ0) is 19.8. The minimum absolute atomic E-state index is 0.0399. The number of benzene rings is 1. The van der Waals surface area contributed by atoms with Gasteiger partial charge in [0.1, 0.15) is 0 Å². The summed E-state index contributed by atoms with van der Waals surface area (Å²) in [5.74, 6) is 0.383. The molecule has 0 aliphatic rings. The number of nitrogens with one attached hydrogen (secondary N) is 1. The zero-order valence-electron chi connectivity index (χ0n) is 15.9. The molecule has 0 fully saturated rings. The van der Waals surface area contributed by atoms with Crippen LogP contribution >= 0.6 is 11.6 Å². The first kappa shape index (κ1) is 21.6. The van der Waals surface area contributed by atoms with Gasteiger partial charge in [-0.15, -0.1) is 0 Å². The molecule has 0 saturated heterocycles. The molecular formula is C18H25AsClN5O2. The molecule has 1 aromatic carbocycles. The molecule has 7 nitrogen and oxygen atoms in total. The minimum atomic E-state index is -1.67. The fourth-order valence-corrected chi connectivity index (χ4v) is 7.10. The monoisotopic (exact) mass is 453 g/mol. The summed E-state index contributed by atoms with van der Waals surface area (Å²) < 4.78 is 0.633. The van der Waals surface area contributed by atoms with Crippen LogP contribution in [0.15, 0.2) is 30.5 Å². The van der Waals surface area contributed by atoms with Crippen LogP contribution in [0, 0.1) is 10.1 Å². The number of rotatable bonds is 10. The van der Waals surface area contributed by atoms with Gasteiger partial charge in [0.2, 0.25) is 0 Å². The number of hydrogen-bond acceptors (Lipinski definition) is 6. The topological polar surface area (TPSA) is 84.2 Å². The Morgan fingerprint density at radius 1 is 1.22 bits per heavy atom. The van der Waals surface area contributed by atoms with Crippen LogP contribution in [0.1, 0.15) is 20.8 Å². The average molecular weight is 454 g/mol. The van der Waals surface area contributed by atoms with Crippen molar-refractivity contribution in [2.24, 2.45) is 0 Å². The van der Waals surface area contributed by atoms with E-state index in [2.05, 4.69) is 41.0 Å². The molecule has 1 aromatic heterocycles. The first-order valence-corrected chi connectivity index (χ1v) is 13.0. The van der Waals surface area contributed by atoms with E-state index < -0.39 is 14.7 Å². The zero-order valence-corrected chi connectivity index (χ0v) is 18.5. The van der Waals surface area contributed by atoms with Crippen molar-refractivity contribution in [1.82, 2.24) is 14.9 Å². The van der Waals surface area contributed by atoms with Crippen LogP contribution in [0.25, 0.3) is 0 Å². The van der Waals surface area contributed by atoms with Crippen molar-refractivity contribution in [1.29, 1.82) is 0 Å². The fourth-order valence-electron chi connectivity index (χ4n) is 2.67. The van der Waals surface area contributed by atoms with Crippen LogP contribution in [0.5, 0.6) is 0 Å². The average Bonchev–Trinajstić information content (AvgIpc) is 2.67. The number of nitro groups is 1. The summed E-state index contributed by atoms with van der Waals surface area (Å²) in [7, 11) is 0. The molecule has 0 radical (unpaired) electrons. The summed E-state index contributed by atoms with van der Waals surface area (Å²) >= 11 is 4.24. The maximum absolute atomic E-state index is 11.5. The molecule has 2 rings (SSSR count). The van der Waals surface area contributed by atoms with Crippen molar-refractivity contribution in [3.63, 3.8) is 0 Å². The normalized spacial score (nSPS) is 12.2. The molecule has 0 aliphatic heterocycles. The Morgan fingerprint density at radius 2 is 1.89 bits per heavy atom. The molecule has 1 heterocycles. The summed E-state index contributed by atoms with van der Waals surface area (Å²) in [6.07, 6.45) is 1.33. The van der Waals surface area contributed by atoms with Crippen molar-refractivity contribution in [2.75, 3.05) is 25.0 Å². The first-order valence-electron chi connectivity index (χ1n) is 8.99. The van der Waals surface area contributed by atoms with E-state index in [1.807, 2.05) is 12.1 Å². The Morgan fingerprint density at radius 3 is 2.44 bits per heavy atom. The molecule has 2 aromatic rings. The SMILES string of the molecule is CCN(CC)CC[As](CC)c1nc(Nc2ccc(Cl)cc2)ncc1[N+](=O)[O-]. The maximum atomic E-state index is 11.5. The quantitative estimate of drug-likeness (QED) is 0.334. The van der Waals surface area contributed by atoms with Gasteiger partial charge in [-0.05, 0) is 0 Å². The second kappa shape index (κ2) is 10.6. The Hall–Kier alpha value is -1.69. The number of aromatic nitrogens is 2. The number of hydrogen-bond donors (Lipinski definition) is 1. The Kier molecular flexibility index (Phi) is 8.48. The van der Waals surface area contributed by atoms with E-state index >= 15 is 0 Å². The van der Waals surface area contributed by atoms with Gasteiger partial charge in [-0.2, -0.15) is 0 Å². The van der Waals surface area contributed by atoms with Gasteiger partial charge < -0.3 is 0 Å². The molecule has 1 atom stereocenters. The second-order valence-electron chi connectivity index (χ2n) is 5.90. The van der Waals surface area contributed by atoms with Crippen molar-refractivity contribution in [3.05, 3.63) is 45.6 Å². The fraction of sp³-hybridized carbons (Fsp3) is 0.444. The number of nitrogens with zero attached hydrogens (tertiary/aromatic N) is 4. The van der Waals surface area contributed by atoms with Crippen LogP contribution in [0.3, 0.4) is 0 Å². The molecular weight excluding hydrogens is 429 g/mol. The predicted octanol–water partition coefficient (Wildman–Crippen LogP) is 3.85. The van der Waals surface area contributed by atoms with Gasteiger partial charge in [0, 0.05) is 0 Å². The summed E-state index contributed by atoms with van der Waals surface area (Å²) in [6.45, 7) is 9.28. The Labute approximate surface area is 169 Å². The van der Waals surface area contributed by atoms with Crippen molar-refractivity contribution in [2.45, 2.75) is 31.2 Å². The van der Waals surface area contributed by atoms with Crippen LogP contribution in [-0.2, 0) is 0 Å². The van der Waals surface area contributed by atoms with E-state index in [-0.39, 0.29) is 10.6 Å². The van der Waals surface area contributed by atoms with Crippen molar-refractivity contribution >= 4 is 48.1 Å². The molecule has 1 unspecified atom stereocenters. The molecule has 0 bridgehead atoms. The van der Waals surface area contributed by atoms with Crippen molar-refractivity contribution in [3.8, 4) is 0 Å². The molecule has 1 N–H and O–H groups in total. The van der Waals surface area contributed by atoms with Gasteiger partial charge in [0.05, 0.1) is 0 Å². The van der Waals surface area contributed by atoms with E-state index in [1.54, 1.807) is 12.1 Å². The number of anilines is 2. The van der Waals surface area contributed by atoms with E-state index in [9.17, 15) is 10.1 Å². The molecule has 9 heteroatoms. The summed E-state index contributed by atoms with van der Waals surface area (Å²) in [5.41, 5.74) is 0.830. The second-order valence-corrected chi connectivity index (χ2v) is 11.8. The molecule has 27 heavy (non-hydrogen) atoms. The van der Waals surface area contributed by atoms with Crippen LogP contribution in [0.4, 0.5) is 17.3 Å². The van der Waals surface area contributed by atoms with Gasteiger partial charge in [-0.1, -0.05) is 0 Å². The van der Waals surface area contributed by atoms with Crippen LogP contribution in [0.2, 0.25) is 15.4 Å².